The molecule has 0 radical (unpaired) electrons. The fraction of sp³-hybridized carbons (Fsp3) is 0.375. The van der Waals surface area contributed by atoms with Crippen molar-refractivity contribution < 1.29 is 18.4 Å². The fourth-order valence-electron chi connectivity index (χ4n) is 2.14. The van der Waals surface area contributed by atoms with E-state index in [4.69, 9.17) is 4.42 Å². The molecule has 6 heteroatoms. The van der Waals surface area contributed by atoms with Crippen molar-refractivity contribution in [3.05, 3.63) is 35.3 Å². The molecule has 2 aromatic rings. The molecular weight excluding hydrogens is 287 g/mol. The van der Waals surface area contributed by atoms with Crippen LogP contribution in [0.4, 0.5) is 4.39 Å². The van der Waals surface area contributed by atoms with Gasteiger partial charge in [-0.1, -0.05) is 6.92 Å². The number of fused-ring (bicyclic) bond motifs is 1. The van der Waals surface area contributed by atoms with Crippen LogP contribution in [0, 0.1) is 12.7 Å². The summed E-state index contributed by atoms with van der Waals surface area (Å²) < 4.78 is 18.7. The highest BCUT2D eigenvalue weighted by molar-refractivity contribution is 6.00. The maximum atomic E-state index is 13.3. The van der Waals surface area contributed by atoms with Crippen molar-refractivity contribution in [2.75, 3.05) is 6.54 Å². The number of amides is 2. The minimum absolute atomic E-state index is 0.0933. The molecule has 1 aromatic heterocycles. The quantitative estimate of drug-likeness (QED) is 0.891. The van der Waals surface area contributed by atoms with E-state index in [2.05, 4.69) is 10.6 Å². The van der Waals surface area contributed by atoms with Crippen LogP contribution in [0.2, 0.25) is 0 Å². The number of hydrogen-bond acceptors (Lipinski definition) is 3. The number of aryl methyl sites for hydroxylation is 1. The highest BCUT2D eigenvalue weighted by Crippen LogP contribution is 2.25. The first-order chi connectivity index (χ1) is 10.4. The van der Waals surface area contributed by atoms with Crippen molar-refractivity contribution in [2.45, 2.75) is 33.2 Å². The average Bonchev–Trinajstić information content (AvgIpc) is 2.81. The number of benzene rings is 1. The van der Waals surface area contributed by atoms with E-state index in [1.807, 2.05) is 6.92 Å². The van der Waals surface area contributed by atoms with Gasteiger partial charge in [0.15, 0.2) is 5.76 Å². The van der Waals surface area contributed by atoms with E-state index < -0.39 is 17.8 Å². The SMILES string of the molecule is CCCNC(=O)C(C)NC(=O)c1oc2ccc(F)cc2c1C. The lowest BCUT2D eigenvalue weighted by atomic mass is 10.1. The van der Waals surface area contributed by atoms with Crippen LogP contribution in [0.25, 0.3) is 11.0 Å². The minimum Gasteiger partial charge on any atom is -0.451 e. The molecule has 0 aliphatic carbocycles. The molecule has 5 nitrogen and oxygen atoms in total. The molecular formula is C16H19FN2O3. The zero-order chi connectivity index (χ0) is 16.3. The molecule has 0 saturated carbocycles. The first kappa shape index (κ1) is 16.0. The maximum absolute atomic E-state index is 13.3. The van der Waals surface area contributed by atoms with Gasteiger partial charge in [0, 0.05) is 17.5 Å². The molecule has 0 aliphatic rings. The summed E-state index contributed by atoms with van der Waals surface area (Å²) in [4.78, 5) is 24.0. The third kappa shape index (κ3) is 3.27. The van der Waals surface area contributed by atoms with Gasteiger partial charge in [-0.05, 0) is 38.5 Å². The van der Waals surface area contributed by atoms with Gasteiger partial charge in [0.2, 0.25) is 5.91 Å². The zero-order valence-corrected chi connectivity index (χ0v) is 12.8. The van der Waals surface area contributed by atoms with Crippen molar-refractivity contribution in [1.82, 2.24) is 10.6 Å². The summed E-state index contributed by atoms with van der Waals surface area (Å²) in [6, 6.07) is 3.39. The Labute approximate surface area is 127 Å². The molecule has 0 spiro atoms. The Morgan fingerprint density at radius 3 is 2.77 bits per heavy atom. The Kier molecular flexibility index (Phi) is 4.80. The molecule has 2 N–H and O–H groups in total. The van der Waals surface area contributed by atoms with Gasteiger partial charge in [-0.25, -0.2) is 4.39 Å². The third-order valence-corrected chi connectivity index (χ3v) is 3.39. The van der Waals surface area contributed by atoms with Crippen molar-refractivity contribution in [2.24, 2.45) is 0 Å². The first-order valence-corrected chi connectivity index (χ1v) is 7.21. The van der Waals surface area contributed by atoms with E-state index in [9.17, 15) is 14.0 Å². The third-order valence-electron chi connectivity index (χ3n) is 3.39. The van der Waals surface area contributed by atoms with Crippen LogP contribution >= 0.6 is 0 Å². The number of carbonyl (C=O) groups excluding carboxylic acids is 2. The summed E-state index contributed by atoms with van der Waals surface area (Å²) in [6.07, 6.45) is 0.820. The molecule has 2 rings (SSSR count). The van der Waals surface area contributed by atoms with Gasteiger partial charge in [0.25, 0.3) is 5.91 Å². The van der Waals surface area contributed by atoms with Crippen molar-refractivity contribution in [1.29, 1.82) is 0 Å². The van der Waals surface area contributed by atoms with Gasteiger partial charge in [0.05, 0.1) is 0 Å². The number of nitrogens with one attached hydrogen (secondary N) is 2. The number of hydrogen-bond donors (Lipinski definition) is 2. The normalized spacial score (nSPS) is 12.2. The molecule has 1 heterocycles. The Morgan fingerprint density at radius 1 is 1.36 bits per heavy atom. The molecule has 0 fully saturated rings. The fourth-order valence-corrected chi connectivity index (χ4v) is 2.14. The van der Waals surface area contributed by atoms with Crippen LogP contribution in [-0.2, 0) is 4.79 Å². The predicted octanol–water partition coefficient (Wildman–Crippen LogP) is 2.52. The lowest BCUT2D eigenvalue weighted by molar-refractivity contribution is -0.122. The Balaban J connectivity index is 2.16. The summed E-state index contributed by atoms with van der Waals surface area (Å²) in [7, 11) is 0. The van der Waals surface area contributed by atoms with Gasteiger partial charge in [-0.3, -0.25) is 9.59 Å². The van der Waals surface area contributed by atoms with Crippen LogP contribution in [0.1, 0.15) is 36.4 Å². The zero-order valence-electron chi connectivity index (χ0n) is 12.8. The van der Waals surface area contributed by atoms with E-state index in [0.717, 1.165) is 6.42 Å². The maximum Gasteiger partial charge on any atom is 0.287 e. The van der Waals surface area contributed by atoms with E-state index in [1.165, 1.54) is 18.2 Å². The second-order valence-electron chi connectivity index (χ2n) is 5.18. The van der Waals surface area contributed by atoms with Crippen molar-refractivity contribution in [3.8, 4) is 0 Å². The number of rotatable bonds is 5. The van der Waals surface area contributed by atoms with E-state index in [-0.39, 0.29) is 11.7 Å². The van der Waals surface area contributed by atoms with E-state index in [1.54, 1.807) is 13.8 Å². The standard InChI is InChI=1S/C16H19FN2O3/c1-4-7-18-15(20)10(3)19-16(21)14-9(2)12-8-11(17)5-6-13(12)22-14/h5-6,8,10H,4,7H2,1-3H3,(H,18,20)(H,19,21). The molecule has 118 valence electrons. The van der Waals surface area contributed by atoms with Gasteiger partial charge in [-0.15, -0.1) is 0 Å². The van der Waals surface area contributed by atoms with Gasteiger partial charge >= 0.3 is 0 Å². The van der Waals surface area contributed by atoms with Crippen LogP contribution in [0.15, 0.2) is 22.6 Å². The van der Waals surface area contributed by atoms with Gasteiger partial charge < -0.3 is 15.1 Å². The Hall–Kier alpha value is -2.37. The molecule has 0 aliphatic heterocycles. The average molecular weight is 306 g/mol. The second-order valence-corrected chi connectivity index (χ2v) is 5.18. The summed E-state index contributed by atoms with van der Waals surface area (Å²) in [6.45, 7) is 5.78. The molecule has 22 heavy (non-hydrogen) atoms. The summed E-state index contributed by atoms with van der Waals surface area (Å²) >= 11 is 0. The second kappa shape index (κ2) is 6.60. The number of furan rings is 1. The Morgan fingerprint density at radius 2 is 2.09 bits per heavy atom. The lowest BCUT2D eigenvalue weighted by Gasteiger charge is -2.13. The van der Waals surface area contributed by atoms with Crippen LogP contribution in [0.3, 0.4) is 0 Å². The van der Waals surface area contributed by atoms with Gasteiger partial charge in [0.1, 0.15) is 17.4 Å². The van der Waals surface area contributed by atoms with E-state index >= 15 is 0 Å². The lowest BCUT2D eigenvalue weighted by Crippen LogP contribution is -2.45. The number of carbonyl (C=O) groups is 2. The van der Waals surface area contributed by atoms with Crippen LogP contribution < -0.4 is 10.6 Å². The van der Waals surface area contributed by atoms with Crippen molar-refractivity contribution in [3.63, 3.8) is 0 Å². The molecule has 1 atom stereocenters. The van der Waals surface area contributed by atoms with Crippen molar-refractivity contribution >= 4 is 22.8 Å². The van der Waals surface area contributed by atoms with Crippen LogP contribution in [-0.4, -0.2) is 24.4 Å². The molecule has 1 unspecified atom stereocenters. The smallest absolute Gasteiger partial charge is 0.287 e. The molecule has 1 aromatic carbocycles. The van der Waals surface area contributed by atoms with Crippen LogP contribution in [0.5, 0.6) is 0 Å². The first-order valence-electron chi connectivity index (χ1n) is 7.21. The summed E-state index contributed by atoms with van der Waals surface area (Å²) in [5, 5.41) is 5.84. The topological polar surface area (TPSA) is 71.3 Å². The summed E-state index contributed by atoms with van der Waals surface area (Å²) in [5.41, 5.74) is 0.986. The predicted molar refractivity (Wildman–Crippen MR) is 81.1 cm³/mol. The monoisotopic (exact) mass is 306 g/mol. The highest BCUT2D eigenvalue weighted by Gasteiger charge is 2.22. The minimum atomic E-state index is -0.677. The molecule has 0 bridgehead atoms. The van der Waals surface area contributed by atoms with E-state index in [0.29, 0.717) is 23.1 Å². The highest BCUT2D eigenvalue weighted by atomic mass is 19.1. The van der Waals surface area contributed by atoms with Gasteiger partial charge in [-0.2, -0.15) is 0 Å². The number of halogens is 1. The molecule has 2 amide bonds. The Bertz CT molecular complexity index is 709. The largest absolute Gasteiger partial charge is 0.451 e. The molecule has 0 saturated heterocycles. The summed E-state index contributed by atoms with van der Waals surface area (Å²) in [5.74, 6) is -1.05.